The zero-order chi connectivity index (χ0) is 17.9. The molecule has 1 unspecified atom stereocenters. The molecule has 1 aromatic carbocycles. The Balaban J connectivity index is 2.15. The minimum absolute atomic E-state index is 0.102. The average Bonchev–Trinajstić information content (AvgIpc) is 2.76. The molecule has 2 rings (SSSR count). The van der Waals surface area contributed by atoms with E-state index in [1.807, 2.05) is 0 Å². The van der Waals surface area contributed by atoms with E-state index >= 15 is 0 Å². The second-order valence-electron chi connectivity index (χ2n) is 6.27. The Labute approximate surface area is 138 Å². The van der Waals surface area contributed by atoms with Crippen LogP contribution < -0.4 is 0 Å². The molecule has 126 valence electrons. The van der Waals surface area contributed by atoms with Gasteiger partial charge >= 0.3 is 5.97 Å². The molecule has 8 nitrogen and oxygen atoms in total. The van der Waals surface area contributed by atoms with Crippen LogP contribution in [0.2, 0.25) is 0 Å². The maximum absolute atomic E-state index is 12.4. The van der Waals surface area contributed by atoms with Crippen LogP contribution in [0.3, 0.4) is 0 Å². The van der Waals surface area contributed by atoms with Gasteiger partial charge in [-0.3, -0.25) is 14.5 Å². The van der Waals surface area contributed by atoms with Crippen molar-refractivity contribution in [3.8, 4) is 0 Å². The molecule has 0 bridgehead atoms. The summed E-state index contributed by atoms with van der Waals surface area (Å²) < 4.78 is 0. The van der Waals surface area contributed by atoms with Gasteiger partial charge < -0.3 is 5.11 Å². The normalized spacial score (nSPS) is 15.0. The highest BCUT2D eigenvalue weighted by molar-refractivity contribution is 6.22. The van der Waals surface area contributed by atoms with Gasteiger partial charge in [0.2, 0.25) is 0 Å². The monoisotopic (exact) mass is 330 g/mol. The topological polar surface area (TPSA) is 123 Å². The highest BCUT2D eigenvalue weighted by Crippen LogP contribution is 2.27. The summed E-state index contributed by atoms with van der Waals surface area (Å²) >= 11 is 0. The Morgan fingerprint density at radius 1 is 1.29 bits per heavy atom. The van der Waals surface area contributed by atoms with Gasteiger partial charge in [0.15, 0.2) is 0 Å². The Morgan fingerprint density at radius 2 is 1.83 bits per heavy atom. The fourth-order valence-electron chi connectivity index (χ4n) is 2.75. The van der Waals surface area contributed by atoms with Crippen LogP contribution in [0.4, 0.5) is 0 Å². The number of rotatable bonds is 7. The molecule has 1 aliphatic rings. The van der Waals surface area contributed by atoms with E-state index in [2.05, 4.69) is 10.0 Å². The van der Waals surface area contributed by atoms with Gasteiger partial charge in [-0.25, -0.2) is 4.79 Å². The number of carbonyl (C=O) groups is 3. The van der Waals surface area contributed by atoms with Gasteiger partial charge in [0.1, 0.15) is 6.04 Å². The molecular formula is C16H18N4O4. The molecule has 0 aliphatic carbocycles. The van der Waals surface area contributed by atoms with Gasteiger partial charge in [-0.1, -0.05) is 37.5 Å². The maximum atomic E-state index is 12.4. The third-order valence-corrected chi connectivity index (χ3v) is 4.00. The number of carboxylic acid groups (broad SMARTS) is 1. The summed E-state index contributed by atoms with van der Waals surface area (Å²) in [5, 5.41) is 13.1. The van der Waals surface area contributed by atoms with E-state index in [1.54, 1.807) is 26.0 Å². The lowest BCUT2D eigenvalue weighted by atomic mass is 9.96. The third-order valence-electron chi connectivity index (χ3n) is 4.00. The van der Waals surface area contributed by atoms with E-state index in [4.69, 9.17) is 5.53 Å². The average molecular weight is 330 g/mol. The lowest BCUT2D eigenvalue weighted by molar-refractivity contribution is -0.141. The van der Waals surface area contributed by atoms with Crippen LogP contribution in [-0.4, -0.2) is 39.4 Å². The van der Waals surface area contributed by atoms with Crippen LogP contribution in [0.15, 0.2) is 29.4 Å². The maximum Gasteiger partial charge on any atom is 0.326 e. The van der Waals surface area contributed by atoms with Crippen LogP contribution in [0.25, 0.3) is 10.4 Å². The zero-order valence-corrected chi connectivity index (χ0v) is 13.5. The summed E-state index contributed by atoms with van der Waals surface area (Å²) in [6.45, 7) is 3.48. The molecule has 1 N–H and O–H groups in total. The van der Waals surface area contributed by atoms with Crippen LogP contribution >= 0.6 is 0 Å². The van der Waals surface area contributed by atoms with Crippen molar-refractivity contribution in [2.75, 3.05) is 0 Å². The molecule has 8 heteroatoms. The van der Waals surface area contributed by atoms with Crippen molar-refractivity contribution in [2.45, 2.75) is 44.7 Å². The quantitative estimate of drug-likeness (QED) is 0.357. The molecule has 0 radical (unpaired) electrons. The molecule has 1 atom stereocenters. The Bertz CT molecular complexity index is 702. The van der Waals surface area contributed by atoms with Gasteiger partial charge in [0.05, 0.1) is 11.1 Å². The van der Waals surface area contributed by atoms with Gasteiger partial charge in [0, 0.05) is 10.5 Å². The number of aliphatic carboxylic acids is 1. The highest BCUT2D eigenvalue weighted by atomic mass is 16.4. The smallest absolute Gasteiger partial charge is 0.326 e. The summed E-state index contributed by atoms with van der Waals surface area (Å²) in [4.78, 5) is 39.9. The lowest BCUT2D eigenvalue weighted by Crippen LogP contribution is -2.45. The van der Waals surface area contributed by atoms with Crippen LogP contribution in [0.5, 0.6) is 0 Å². The number of nitrogens with zero attached hydrogens (tertiary/aromatic N) is 4. The van der Waals surface area contributed by atoms with Gasteiger partial charge in [0.25, 0.3) is 11.8 Å². The second kappa shape index (κ2) is 6.72. The van der Waals surface area contributed by atoms with Gasteiger partial charge in [-0.2, -0.15) is 0 Å². The molecule has 1 aromatic rings. The number of imide groups is 1. The number of hydrogen-bond donors (Lipinski definition) is 1. The molecule has 0 spiro atoms. The third kappa shape index (κ3) is 3.38. The molecule has 0 saturated heterocycles. The highest BCUT2D eigenvalue weighted by Gasteiger charge is 2.42. The number of benzene rings is 1. The zero-order valence-electron chi connectivity index (χ0n) is 13.5. The van der Waals surface area contributed by atoms with E-state index in [0.29, 0.717) is 12.8 Å². The number of azide groups is 1. The van der Waals surface area contributed by atoms with Crippen molar-refractivity contribution in [2.24, 2.45) is 5.11 Å². The summed E-state index contributed by atoms with van der Waals surface area (Å²) in [5.74, 6) is -2.40. The van der Waals surface area contributed by atoms with Crippen LogP contribution in [0, 0.1) is 0 Å². The fourth-order valence-corrected chi connectivity index (χ4v) is 2.75. The van der Waals surface area contributed by atoms with E-state index in [1.165, 1.54) is 12.1 Å². The first-order valence-electron chi connectivity index (χ1n) is 7.54. The minimum Gasteiger partial charge on any atom is -0.480 e. The van der Waals surface area contributed by atoms with Crippen molar-refractivity contribution in [3.05, 3.63) is 45.8 Å². The van der Waals surface area contributed by atoms with Crippen LogP contribution in [0.1, 0.15) is 53.8 Å². The molecule has 0 saturated carbocycles. The number of hydrogen-bond acceptors (Lipinski definition) is 4. The summed E-state index contributed by atoms with van der Waals surface area (Å²) in [6.07, 6.45) is 0.950. The predicted molar refractivity (Wildman–Crippen MR) is 85.4 cm³/mol. The lowest BCUT2D eigenvalue weighted by Gasteiger charge is -2.24. The summed E-state index contributed by atoms with van der Waals surface area (Å²) in [7, 11) is 0. The van der Waals surface area contributed by atoms with Crippen molar-refractivity contribution >= 4 is 17.8 Å². The fraction of sp³-hybridized carbons (Fsp3) is 0.438. The predicted octanol–water partition coefficient (Wildman–Crippen LogP) is 3.00. The van der Waals surface area contributed by atoms with Crippen molar-refractivity contribution in [3.63, 3.8) is 0 Å². The first-order valence-corrected chi connectivity index (χ1v) is 7.54. The molecule has 1 heterocycles. The molecule has 2 amide bonds. The molecule has 1 aliphatic heterocycles. The Hall–Kier alpha value is -2.86. The number of fused-ring (bicyclic) bond motifs is 1. The number of carboxylic acids is 1. The molecule has 0 fully saturated rings. The van der Waals surface area contributed by atoms with Gasteiger partial charge in [-0.15, -0.1) is 0 Å². The van der Waals surface area contributed by atoms with Gasteiger partial charge in [-0.05, 0) is 30.5 Å². The number of carbonyl (C=O) groups excluding carboxylic acids is 2. The molecule has 0 aromatic heterocycles. The Kier molecular flexibility index (Phi) is 4.90. The van der Waals surface area contributed by atoms with E-state index < -0.39 is 29.4 Å². The van der Waals surface area contributed by atoms with Crippen molar-refractivity contribution in [1.82, 2.24) is 4.90 Å². The number of amides is 2. The summed E-state index contributed by atoms with van der Waals surface area (Å²) in [5.41, 5.74) is 8.30. The molecule has 24 heavy (non-hydrogen) atoms. The first kappa shape index (κ1) is 17.5. The Morgan fingerprint density at radius 3 is 2.29 bits per heavy atom. The minimum atomic E-state index is -1.24. The molecular weight excluding hydrogens is 312 g/mol. The standard InChI is InChI=1S/C16H18N4O4/c1-16(2,18-19-17)9-5-8-12(15(23)24)20-13(21)10-6-3-4-7-11(10)14(20)22/h3-4,6-7,12H,5,8-9H2,1-2H3,(H,23,24). The van der Waals surface area contributed by atoms with Crippen LogP contribution in [-0.2, 0) is 4.79 Å². The van der Waals surface area contributed by atoms with E-state index in [-0.39, 0.29) is 17.5 Å². The van der Waals surface area contributed by atoms with E-state index in [0.717, 1.165) is 4.90 Å². The SMILES string of the molecule is CC(C)(CCCC(C(=O)O)N1C(=O)c2ccccc2C1=O)N=[N+]=[N-]. The second-order valence-corrected chi connectivity index (χ2v) is 6.27. The first-order chi connectivity index (χ1) is 11.3. The van der Waals surface area contributed by atoms with Crippen molar-refractivity contribution < 1.29 is 19.5 Å². The van der Waals surface area contributed by atoms with E-state index in [9.17, 15) is 19.5 Å². The largest absolute Gasteiger partial charge is 0.480 e. The van der Waals surface area contributed by atoms with Crippen molar-refractivity contribution in [1.29, 1.82) is 0 Å². The summed E-state index contributed by atoms with van der Waals surface area (Å²) in [6, 6.07) is 5.05.